The number of carbonyl (C=O) groups excluding carboxylic acids is 2. The maximum Gasteiger partial charge on any atom is 0.259 e. The van der Waals surface area contributed by atoms with Gasteiger partial charge >= 0.3 is 0 Å². The number of carbonyl (C=O) groups is 2. The van der Waals surface area contributed by atoms with E-state index in [9.17, 15) is 14.4 Å². The third-order valence-electron chi connectivity index (χ3n) is 4.90. The van der Waals surface area contributed by atoms with Crippen LogP contribution in [-0.4, -0.2) is 53.1 Å². The van der Waals surface area contributed by atoms with Crippen LogP contribution in [0.1, 0.15) is 28.8 Å². The van der Waals surface area contributed by atoms with Gasteiger partial charge in [0.25, 0.3) is 11.5 Å². The molecular formula is C22H25N5O4S. The minimum absolute atomic E-state index is 0.0397. The average molecular weight is 456 g/mol. The number of thiophene rings is 1. The summed E-state index contributed by atoms with van der Waals surface area (Å²) in [7, 11) is 3.33. The number of nitrogens with zero attached hydrogens (tertiary/aromatic N) is 3. The molecule has 0 aliphatic rings. The number of aryl methyl sites for hydroxylation is 2. The van der Waals surface area contributed by atoms with Crippen LogP contribution in [0.4, 0.5) is 0 Å². The molecule has 0 atom stereocenters. The molecule has 0 unspecified atom stereocenters. The molecule has 2 heterocycles. The van der Waals surface area contributed by atoms with Gasteiger partial charge in [-0.2, -0.15) is 5.10 Å². The number of hydrazone groups is 1. The van der Waals surface area contributed by atoms with Crippen molar-refractivity contribution in [3.05, 3.63) is 56.4 Å². The minimum atomic E-state index is -0.390. The second-order valence-electron chi connectivity index (χ2n) is 7.49. The predicted octanol–water partition coefficient (Wildman–Crippen LogP) is 2.15. The van der Waals surface area contributed by atoms with Crippen molar-refractivity contribution in [1.29, 1.82) is 0 Å². The first-order chi connectivity index (χ1) is 15.2. The second kappa shape index (κ2) is 9.73. The first-order valence-corrected chi connectivity index (χ1v) is 10.7. The number of likely N-dealkylation sites (N-methyl/N-ethyl adjacent to an activating group) is 1. The summed E-state index contributed by atoms with van der Waals surface area (Å²) in [4.78, 5) is 46.4. The molecule has 9 nitrogen and oxygen atoms in total. The topological polar surface area (TPSA) is 117 Å². The van der Waals surface area contributed by atoms with Crippen LogP contribution in [0, 0.1) is 13.8 Å². The van der Waals surface area contributed by atoms with E-state index in [1.54, 1.807) is 45.3 Å². The quantitative estimate of drug-likeness (QED) is 0.418. The molecule has 0 aliphatic heterocycles. The molecule has 2 amide bonds. The van der Waals surface area contributed by atoms with Crippen LogP contribution in [0.2, 0.25) is 0 Å². The van der Waals surface area contributed by atoms with E-state index < -0.39 is 0 Å². The minimum Gasteiger partial charge on any atom is -0.484 e. The van der Waals surface area contributed by atoms with Crippen LogP contribution in [-0.2, 0) is 16.0 Å². The SMILES string of the molecule is C/C(=N\NC(=O)Cc1nc2sc(C)c(C)c2c(=O)[nH]1)c1ccc(OCC(=O)N(C)C)cc1. The van der Waals surface area contributed by atoms with Crippen molar-refractivity contribution in [3.63, 3.8) is 0 Å². The summed E-state index contributed by atoms with van der Waals surface area (Å²) in [5.74, 6) is 0.334. The fraction of sp³-hybridized carbons (Fsp3) is 0.318. The highest BCUT2D eigenvalue weighted by Gasteiger charge is 2.13. The number of hydrogen-bond acceptors (Lipinski definition) is 7. The van der Waals surface area contributed by atoms with E-state index in [2.05, 4.69) is 20.5 Å². The summed E-state index contributed by atoms with van der Waals surface area (Å²) >= 11 is 1.44. The van der Waals surface area contributed by atoms with Gasteiger partial charge in [0, 0.05) is 19.0 Å². The van der Waals surface area contributed by atoms with Crippen molar-refractivity contribution >= 4 is 39.1 Å². The number of ether oxygens (including phenoxy) is 1. The Kier molecular flexibility index (Phi) is 7.04. The summed E-state index contributed by atoms with van der Waals surface area (Å²) in [5.41, 5.74) is 4.54. The summed E-state index contributed by atoms with van der Waals surface area (Å²) in [6.07, 6.45) is -0.0926. The van der Waals surface area contributed by atoms with E-state index in [0.29, 0.717) is 27.5 Å². The van der Waals surface area contributed by atoms with E-state index in [0.717, 1.165) is 16.0 Å². The monoisotopic (exact) mass is 455 g/mol. The Hall–Kier alpha value is -3.53. The molecule has 0 radical (unpaired) electrons. The lowest BCUT2D eigenvalue weighted by molar-refractivity contribution is -0.130. The molecule has 2 N–H and O–H groups in total. The molecule has 0 fully saturated rings. The van der Waals surface area contributed by atoms with Gasteiger partial charge in [0.1, 0.15) is 16.4 Å². The number of benzene rings is 1. The van der Waals surface area contributed by atoms with Gasteiger partial charge in [-0.25, -0.2) is 10.4 Å². The molecule has 168 valence electrons. The molecular weight excluding hydrogens is 430 g/mol. The highest BCUT2D eigenvalue weighted by Crippen LogP contribution is 2.25. The number of aromatic amines is 1. The molecule has 0 saturated heterocycles. The van der Waals surface area contributed by atoms with Gasteiger partial charge in [-0.15, -0.1) is 11.3 Å². The van der Waals surface area contributed by atoms with Gasteiger partial charge < -0.3 is 14.6 Å². The van der Waals surface area contributed by atoms with Crippen LogP contribution in [0.5, 0.6) is 5.75 Å². The van der Waals surface area contributed by atoms with E-state index in [4.69, 9.17) is 4.74 Å². The highest BCUT2D eigenvalue weighted by molar-refractivity contribution is 7.18. The Bertz CT molecular complexity index is 1240. The standard InChI is InChI=1S/C22H25N5O4S/c1-12-14(3)32-22-20(12)21(30)23-17(24-22)10-18(28)26-25-13(2)15-6-8-16(9-7-15)31-11-19(29)27(4)5/h6-9H,10-11H2,1-5H3,(H,26,28)(H,23,24,30)/b25-13+. The zero-order chi connectivity index (χ0) is 23.4. The molecule has 0 aliphatic carbocycles. The summed E-state index contributed by atoms with van der Waals surface area (Å²) < 4.78 is 5.44. The highest BCUT2D eigenvalue weighted by atomic mass is 32.1. The van der Waals surface area contributed by atoms with Crippen LogP contribution in [0.25, 0.3) is 10.2 Å². The van der Waals surface area contributed by atoms with Gasteiger partial charge in [-0.1, -0.05) is 0 Å². The Morgan fingerprint density at radius 3 is 2.56 bits per heavy atom. The first kappa shape index (κ1) is 23.1. The number of aromatic nitrogens is 2. The van der Waals surface area contributed by atoms with Crippen LogP contribution in [0.15, 0.2) is 34.2 Å². The van der Waals surface area contributed by atoms with Gasteiger partial charge in [0.15, 0.2) is 6.61 Å². The lowest BCUT2D eigenvalue weighted by atomic mass is 10.1. The number of fused-ring (bicyclic) bond motifs is 1. The van der Waals surface area contributed by atoms with Crippen molar-refractivity contribution in [1.82, 2.24) is 20.3 Å². The van der Waals surface area contributed by atoms with Crippen molar-refractivity contribution in [2.24, 2.45) is 5.10 Å². The molecule has 1 aromatic carbocycles. The molecule has 2 aromatic heterocycles. The summed E-state index contributed by atoms with van der Waals surface area (Å²) in [6.45, 7) is 5.54. The fourth-order valence-electron chi connectivity index (χ4n) is 2.85. The molecule has 0 saturated carbocycles. The normalized spacial score (nSPS) is 11.5. The molecule has 10 heteroatoms. The third kappa shape index (κ3) is 5.38. The maximum absolute atomic E-state index is 12.3. The Morgan fingerprint density at radius 2 is 1.91 bits per heavy atom. The van der Waals surface area contributed by atoms with Crippen molar-refractivity contribution in [3.8, 4) is 5.75 Å². The zero-order valence-corrected chi connectivity index (χ0v) is 19.4. The summed E-state index contributed by atoms with van der Waals surface area (Å²) in [5, 5.41) is 4.69. The first-order valence-electron chi connectivity index (χ1n) is 9.91. The molecule has 0 spiro atoms. The number of hydrogen-bond donors (Lipinski definition) is 2. The third-order valence-corrected chi connectivity index (χ3v) is 6.00. The van der Waals surface area contributed by atoms with Crippen molar-refractivity contribution in [2.75, 3.05) is 20.7 Å². The fourth-order valence-corrected chi connectivity index (χ4v) is 3.90. The van der Waals surface area contributed by atoms with E-state index >= 15 is 0 Å². The van der Waals surface area contributed by atoms with Crippen molar-refractivity contribution in [2.45, 2.75) is 27.2 Å². The zero-order valence-electron chi connectivity index (χ0n) is 18.6. The van der Waals surface area contributed by atoms with Crippen molar-refractivity contribution < 1.29 is 14.3 Å². The van der Waals surface area contributed by atoms with Gasteiger partial charge in [0.2, 0.25) is 5.91 Å². The maximum atomic E-state index is 12.3. The van der Waals surface area contributed by atoms with E-state index in [1.165, 1.54) is 16.2 Å². The molecule has 3 rings (SSSR count). The molecule has 3 aromatic rings. The Balaban J connectivity index is 1.61. The Labute approximate surface area is 189 Å². The number of rotatable bonds is 7. The predicted molar refractivity (Wildman–Crippen MR) is 124 cm³/mol. The van der Waals surface area contributed by atoms with E-state index in [1.807, 2.05) is 13.8 Å². The average Bonchev–Trinajstić information content (AvgIpc) is 3.04. The number of amides is 2. The summed E-state index contributed by atoms with van der Waals surface area (Å²) in [6, 6.07) is 7.03. The van der Waals surface area contributed by atoms with E-state index in [-0.39, 0.29) is 30.4 Å². The smallest absolute Gasteiger partial charge is 0.259 e. The van der Waals surface area contributed by atoms with Gasteiger partial charge in [-0.05, 0) is 56.2 Å². The molecule has 32 heavy (non-hydrogen) atoms. The van der Waals surface area contributed by atoms with Crippen LogP contribution in [0.3, 0.4) is 0 Å². The van der Waals surface area contributed by atoms with Gasteiger partial charge in [-0.3, -0.25) is 14.4 Å². The van der Waals surface area contributed by atoms with Crippen LogP contribution < -0.4 is 15.7 Å². The largest absolute Gasteiger partial charge is 0.484 e. The van der Waals surface area contributed by atoms with Crippen LogP contribution >= 0.6 is 11.3 Å². The Morgan fingerprint density at radius 1 is 1.22 bits per heavy atom. The lowest BCUT2D eigenvalue weighted by Gasteiger charge is -2.11. The number of nitrogens with one attached hydrogen (secondary N) is 2. The lowest BCUT2D eigenvalue weighted by Crippen LogP contribution is -2.27. The second-order valence-corrected chi connectivity index (χ2v) is 8.69. The number of H-pyrrole nitrogens is 1. The van der Waals surface area contributed by atoms with Gasteiger partial charge in [0.05, 0.1) is 17.5 Å². The molecule has 0 bridgehead atoms.